The van der Waals surface area contributed by atoms with Gasteiger partial charge < -0.3 is 10.1 Å². The molecule has 8 heteroatoms. The molecule has 6 nitrogen and oxygen atoms in total. The van der Waals surface area contributed by atoms with Crippen molar-refractivity contribution in [1.29, 1.82) is 0 Å². The highest BCUT2D eigenvalue weighted by Gasteiger charge is 2.26. The van der Waals surface area contributed by atoms with Gasteiger partial charge in [0, 0.05) is 17.8 Å². The van der Waals surface area contributed by atoms with Crippen molar-refractivity contribution in [3.8, 4) is 5.75 Å². The van der Waals surface area contributed by atoms with Crippen LogP contribution in [0.3, 0.4) is 0 Å². The van der Waals surface area contributed by atoms with E-state index in [1.807, 2.05) is 12.1 Å². The van der Waals surface area contributed by atoms with E-state index in [1.54, 1.807) is 12.1 Å². The third-order valence-corrected chi connectivity index (χ3v) is 6.10. The van der Waals surface area contributed by atoms with Crippen LogP contribution >= 0.6 is 11.6 Å². The van der Waals surface area contributed by atoms with Gasteiger partial charge in [-0.05, 0) is 41.8 Å². The number of methoxy groups -OCH3 is 1. The maximum atomic E-state index is 12.8. The van der Waals surface area contributed by atoms with E-state index in [9.17, 15) is 13.2 Å². The highest BCUT2D eigenvalue weighted by Crippen LogP contribution is 2.29. The highest BCUT2D eigenvalue weighted by atomic mass is 35.5. The second-order valence-corrected chi connectivity index (χ2v) is 8.83. The van der Waals surface area contributed by atoms with Crippen molar-refractivity contribution in [1.82, 2.24) is 4.31 Å². The van der Waals surface area contributed by atoms with Crippen molar-refractivity contribution >= 4 is 33.2 Å². The number of anilines is 1. The van der Waals surface area contributed by atoms with Crippen molar-refractivity contribution in [2.75, 3.05) is 26.0 Å². The van der Waals surface area contributed by atoms with E-state index in [1.165, 1.54) is 32.4 Å². The number of carbonyl (C=O) groups is 1. The van der Waals surface area contributed by atoms with Crippen LogP contribution in [0.1, 0.15) is 25.3 Å². The molecule has 0 saturated heterocycles. The first-order chi connectivity index (χ1) is 12.6. The summed E-state index contributed by atoms with van der Waals surface area (Å²) in [6.07, 6.45) is 0. The summed E-state index contributed by atoms with van der Waals surface area (Å²) in [5.41, 5.74) is 1.76. The SMILES string of the molecule is COc1ccc(Cl)cc1S(=O)(=O)N(C)CC(=O)Nc1ccc(C(C)C)cc1. The standard InChI is InChI=1S/C19H23ClN2O4S/c1-13(2)14-5-8-16(9-6-14)21-19(23)12-22(3)27(24,25)18-11-15(20)7-10-17(18)26-4/h5-11,13H,12H2,1-4H3,(H,21,23). The Kier molecular flexibility index (Phi) is 6.86. The van der Waals surface area contributed by atoms with Gasteiger partial charge in [-0.25, -0.2) is 8.42 Å². The smallest absolute Gasteiger partial charge is 0.247 e. The molecule has 0 heterocycles. The molecule has 27 heavy (non-hydrogen) atoms. The molecule has 2 aromatic rings. The molecule has 0 aliphatic heterocycles. The van der Waals surface area contributed by atoms with Crippen molar-refractivity contribution in [2.24, 2.45) is 0 Å². The molecule has 0 bridgehead atoms. The molecule has 0 spiro atoms. The lowest BCUT2D eigenvalue weighted by atomic mass is 10.0. The predicted octanol–water partition coefficient (Wildman–Crippen LogP) is 3.73. The summed E-state index contributed by atoms with van der Waals surface area (Å²) in [6, 6.07) is 11.7. The molecule has 0 unspecified atom stereocenters. The number of nitrogens with one attached hydrogen (secondary N) is 1. The van der Waals surface area contributed by atoms with E-state index in [0.29, 0.717) is 11.6 Å². The third kappa shape index (κ3) is 5.22. The van der Waals surface area contributed by atoms with E-state index in [0.717, 1.165) is 9.87 Å². The molecule has 0 atom stereocenters. The Bertz CT molecular complexity index is 912. The van der Waals surface area contributed by atoms with E-state index >= 15 is 0 Å². The number of carbonyl (C=O) groups excluding carboxylic acids is 1. The molecular weight excluding hydrogens is 388 g/mol. The van der Waals surface area contributed by atoms with Gasteiger partial charge in [-0.15, -0.1) is 0 Å². The molecule has 1 N–H and O–H groups in total. The van der Waals surface area contributed by atoms with Gasteiger partial charge in [-0.3, -0.25) is 4.79 Å². The maximum absolute atomic E-state index is 12.8. The van der Waals surface area contributed by atoms with E-state index in [4.69, 9.17) is 16.3 Å². The lowest BCUT2D eigenvalue weighted by Gasteiger charge is -2.19. The van der Waals surface area contributed by atoms with E-state index in [2.05, 4.69) is 19.2 Å². The zero-order valence-corrected chi connectivity index (χ0v) is 17.3. The van der Waals surface area contributed by atoms with Crippen molar-refractivity contribution in [3.63, 3.8) is 0 Å². The molecule has 2 aromatic carbocycles. The first-order valence-electron chi connectivity index (χ1n) is 8.35. The Labute approximate surface area is 165 Å². The number of rotatable bonds is 7. The highest BCUT2D eigenvalue weighted by molar-refractivity contribution is 7.89. The average molecular weight is 411 g/mol. The number of halogens is 1. The number of nitrogens with zero attached hydrogens (tertiary/aromatic N) is 1. The molecule has 2 rings (SSSR count). The van der Waals surface area contributed by atoms with Gasteiger partial charge in [-0.2, -0.15) is 4.31 Å². The van der Waals surface area contributed by atoms with Gasteiger partial charge in [0.15, 0.2) is 0 Å². The van der Waals surface area contributed by atoms with Gasteiger partial charge >= 0.3 is 0 Å². The number of hydrogen-bond acceptors (Lipinski definition) is 4. The average Bonchev–Trinajstić information content (AvgIpc) is 2.61. The van der Waals surface area contributed by atoms with E-state index < -0.39 is 15.9 Å². The van der Waals surface area contributed by atoms with Gasteiger partial charge in [0.1, 0.15) is 10.6 Å². The number of hydrogen-bond donors (Lipinski definition) is 1. The van der Waals surface area contributed by atoms with Crippen molar-refractivity contribution < 1.29 is 17.9 Å². The fourth-order valence-corrected chi connectivity index (χ4v) is 4.00. The van der Waals surface area contributed by atoms with Gasteiger partial charge in [-0.1, -0.05) is 37.6 Å². The topological polar surface area (TPSA) is 75.7 Å². The van der Waals surface area contributed by atoms with Crippen LogP contribution in [0.25, 0.3) is 0 Å². The Hall–Kier alpha value is -2.09. The maximum Gasteiger partial charge on any atom is 0.247 e. The lowest BCUT2D eigenvalue weighted by molar-refractivity contribution is -0.116. The molecule has 0 aliphatic carbocycles. The van der Waals surface area contributed by atoms with Crippen LogP contribution in [-0.4, -0.2) is 39.3 Å². The molecule has 1 amide bonds. The summed E-state index contributed by atoms with van der Waals surface area (Å²) in [4.78, 5) is 12.2. The minimum absolute atomic E-state index is 0.0888. The summed E-state index contributed by atoms with van der Waals surface area (Å²) in [5, 5.41) is 2.96. The largest absolute Gasteiger partial charge is 0.495 e. The monoisotopic (exact) mass is 410 g/mol. The van der Waals surface area contributed by atoms with Crippen LogP contribution in [0.2, 0.25) is 5.02 Å². The summed E-state index contributed by atoms with van der Waals surface area (Å²) < 4.78 is 31.6. The van der Waals surface area contributed by atoms with Crippen LogP contribution in [0.4, 0.5) is 5.69 Å². The number of ether oxygens (including phenoxy) is 1. The Morgan fingerprint density at radius 3 is 2.37 bits per heavy atom. The Morgan fingerprint density at radius 1 is 1.19 bits per heavy atom. The summed E-state index contributed by atoms with van der Waals surface area (Å²) in [7, 11) is -1.25. The fraction of sp³-hybridized carbons (Fsp3) is 0.316. The molecule has 0 radical (unpaired) electrons. The molecule has 0 aromatic heterocycles. The summed E-state index contributed by atoms with van der Waals surface area (Å²) in [6.45, 7) is 3.82. The van der Waals surface area contributed by atoms with Crippen molar-refractivity contribution in [2.45, 2.75) is 24.7 Å². The predicted molar refractivity (Wildman–Crippen MR) is 107 cm³/mol. The number of amides is 1. The third-order valence-electron chi connectivity index (χ3n) is 4.04. The first kappa shape index (κ1) is 21.2. The second kappa shape index (κ2) is 8.73. The zero-order valence-electron chi connectivity index (χ0n) is 15.7. The minimum Gasteiger partial charge on any atom is -0.495 e. The van der Waals surface area contributed by atoms with Gasteiger partial charge in [0.2, 0.25) is 15.9 Å². The number of likely N-dealkylation sites (N-methyl/N-ethyl adjacent to an activating group) is 1. The molecule has 0 fully saturated rings. The Balaban J connectivity index is 2.12. The molecule has 0 saturated carbocycles. The van der Waals surface area contributed by atoms with Crippen LogP contribution in [-0.2, 0) is 14.8 Å². The van der Waals surface area contributed by atoms with Crippen LogP contribution in [0, 0.1) is 0 Å². The van der Waals surface area contributed by atoms with Crippen LogP contribution in [0.5, 0.6) is 5.75 Å². The normalized spacial score (nSPS) is 11.7. The summed E-state index contributed by atoms with van der Waals surface area (Å²) >= 11 is 5.91. The lowest BCUT2D eigenvalue weighted by Crippen LogP contribution is -2.35. The van der Waals surface area contributed by atoms with Gasteiger partial charge in [0.25, 0.3) is 0 Å². The zero-order chi connectivity index (χ0) is 20.2. The number of sulfonamides is 1. The minimum atomic E-state index is -3.95. The second-order valence-electron chi connectivity index (χ2n) is 6.38. The molecule has 146 valence electrons. The van der Waals surface area contributed by atoms with Gasteiger partial charge in [0.05, 0.1) is 13.7 Å². The van der Waals surface area contributed by atoms with Crippen molar-refractivity contribution in [3.05, 3.63) is 53.1 Å². The summed E-state index contributed by atoms with van der Waals surface area (Å²) in [5.74, 6) is 0.106. The van der Waals surface area contributed by atoms with Crippen LogP contribution < -0.4 is 10.1 Å². The number of benzene rings is 2. The molecular formula is C19H23ClN2O4S. The van der Waals surface area contributed by atoms with Crippen LogP contribution in [0.15, 0.2) is 47.4 Å². The molecule has 0 aliphatic rings. The Morgan fingerprint density at radius 2 is 1.81 bits per heavy atom. The first-order valence-corrected chi connectivity index (χ1v) is 10.2. The fourth-order valence-electron chi connectivity index (χ4n) is 2.46. The van der Waals surface area contributed by atoms with E-state index in [-0.39, 0.29) is 22.2 Å². The quantitative estimate of drug-likeness (QED) is 0.754.